The number of carbonyl (C=O) groups is 2. The maximum Gasteiger partial charge on any atom is 0.349 e. The van der Waals surface area contributed by atoms with Crippen molar-refractivity contribution in [3.05, 3.63) is 57.9 Å². The van der Waals surface area contributed by atoms with Crippen LogP contribution in [0.3, 0.4) is 0 Å². The lowest BCUT2D eigenvalue weighted by molar-refractivity contribution is -0.148. The summed E-state index contributed by atoms with van der Waals surface area (Å²) in [4.78, 5) is 24.7. The van der Waals surface area contributed by atoms with Crippen molar-refractivity contribution in [1.82, 2.24) is 4.57 Å². The molecule has 1 aromatic carbocycles. The molecule has 2 rings (SSSR count). The predicted octanol–water partition coefficient (Wildman–Crippen LogP) is 4.65. The average Bonchev–Trinajstić information content (AvgIpc) is 2.95. The molecule has 0 aliphatic carbocycles. The molecule has 1 aromatic heterocycles. The number of halogens is 1. The minimum Gasteiger partial charge on any atom is -0.448 e. The number of anilines is 1. The number of nitrogens with one attached hydrogen (secondary N) is 1. The van der Waals surface area contributed by atoms with Gasteiger partial charge >= 0.3 is 5.97 Å². The van der Waals surface area contributed by atoms with E-state index in [0.717, 1.165) is 29.9 Å². The molecule has 0 spiro atoms. The second-order valence-corrected chi connectivity index (χ2v) is 7.07. The summed E-state index contributed by atoms with van der Waals surface area (Å²) in [6, 6.07) is 10.5. The molecule has 0 radical (unpaired) electrons. The van der Waals surface area contributed by atoms with Crippen LogP contribution in [0.4, 0.5) is 5.69 Å². The van der Waals surface area contributed by atoms with E-state index in [-0.39, 0.29) is 5.57 Å². The van der Waals surface area contributed by atoms with Crippen molar-refractivity contribution in [3.8, 4) is 6.07 Å². The Morgan fingerprint density at radius 2 is 2.03 bits per heavy atom. The summed E-state index contributed by atoms with van der Waals surface area (Å²) in [6.45, 7) is 8.30. The summed E-state index contributed by atoms with van der Waals surface area (Å²) in [5.74, 6) is -1.39. The molecular weight excluding hydrogens is 390 g/mol. The van der Waals surface area contributed by atoms with E-state index in [4.69, 9.17) is 16.3 Å². The summed E-state index contributed by atoms with van der Waals surface area (Å²) in [6.07, 6.45) is 1.38. The highest BCUT2D eigenvalue weighted by molar-refractivity contribution is 6.33. The molecule has 0 aliphatic heterocycles. The zero-order chi connectivity index (χ0) is 21.6. The number of para-hydroxylation sites is 1. The fraction of sp³-hybridized carbons (Fsp3) is 0.318. The van der Waals surface area contributed by atoms with E-state index in [0.29, 0.717) is 10.7 Å². The van der Waals surface area contributed by atoms with Gasteiger partial charge in [0.1, 0.15) is 11.6 Å². The second kappa shape index (κ2) is 9.94. The van der Waals surface area contributed by atoms with Gasteiger partial charge in [-0.25, -0.2) is 4.79 Å². The summed E-state index contributed by atoms with van der Waals surface area (Å²) < 4.78 is 7.31. The zero-order valence-corrected chi connectivity index (χ0v) is 17.7. The number of esters is 1. The molecule has 1 atom stereocenters. The van der Waals surface area contributed by atoms with E-state index in [1.807, 2.05) is 26.0 Å². The number of amides is 1. The number of rotatable bonds is 7. The molecule has 1 heterocycles. The number of ether oxygens (including phenoxy) is 1. The van der Waals surface area contributed by atoms with Gasteiger partial charge in [0.2, 0.25) is 0 Å². The fourth-order valence-corrected chi connectivity index (χ4v) is 3.09. The van der Waals surface area contributed by atoms with Gasteiger partial charge in [0.15, 0.2) is 6.10 Å². The monoisotopic (exact) mass is 413 g/mol. The third kappa shape index (κ3) is 5.49. The van der Waals surface area contributed by atoms with Crippen LogP contribution in [-0.2, 0) is 20.9 Å². The minimum absolute atomic E-state index is 0.167. The third-order valence-corrected chi connectivity index (χ3v) is 4.81. The van der Waals surface area contributed by atoms with Crippen molar-refractivity contribution in [2.45, 2.75) is 46.8 Å². The van der Waals surface area contributed by atoms with Crippen LogP contribution in [0.15, 0.2) is 35.9 Å². The molecule has 0 bridgehead atoms. The number of hydrogen-bond acceptors (Lipinski definition) is 4. The number of benzene rings is 1. The van der Waals surface area contributed by atoms with Gasteiger partial charge in [-0.05, 0) is 57.0 Å². The van der Waals surface area contributed by atoms with Crippen molar-refractivity contribution in [2.24, 2.45) is 0 Å². The number of nitrogens with zero attached hydrogens (tertiary/aromatic N) is 2. The Balaban J connectivity index is 2.12. The third-order valence-electron chi connectivity index (χ3n) is 4.48. The quantitative estimate of drug-likeness (QED) is 0.407. The maximum absolute atomic E-state index is 12.4. The summed E-state index contributed by atoms with van der Waals surface area (Å²) in [7, 11) is 0. The van der Waals surface area contributed by atoms with Gasteiger partial charge < -0.3 is 14.6 Å². The van der Waals surface area contributed by atoms with E-state index in [9.17, 15) is 14.9 Å². The van der Waals surface area contributed by atoms with Crippen molar-refractivity contribution in [3.63, 3.8) is 0 Å². The predicted molar refractivity (Wildman–Crippen MR) is 113 cm³/mol. The Kier molecular flexibility index (Phi) is 7.63. The highest BCUT2D eigenvalue weighted by Crippen LogP contribution is 2.21. The molecule has 29 heavy (non-hydrogen) atoms. The first kappa shape index (κ1) is 22.3. The van der Waals surface area contributed by atoms with E-state index in [2.05, 4.69) is 16.8 Å². The molecule has 0 saturated heterocycles. The number of aromatic nitrogens is 1. The lowest BCUT2D eigenvalue weighted by Gasteiger charge is -2.14. The van der Waals surface area contributed by atoms with Gasteiger partial charge in [-0.1, -0.05) is 30.7 Å². The Labute approximate surface area is 175 Å². The maximum atomic E-state index is 12.4. The molecule has 0 aliphatic rings. The van der Waals surface area contributed by atoms with Crippen LogP contribution < -0.4 is 5.32 Å². The second-order valence-electron chi connectivity index (χ2n) is 6.66. The van der Waals surface area contributed by atoms with Crippen LogP contribution in [0.2, 0.25) is 5.02 Å². The first-order valence-electron chi connectivity index (χ1n) is 9.33. The van der Waals surface area contributed by atoms with Crippen LogP contribution in [-0.4, -0.2) is 22.5 Å². The van der Waals surface area contributed by atoms with E-state index < -0.39 is 18.0 Å². The van der Waals surface area contributed by atoms with Gasteiger partial charge in [0, 0.05) is 17.9 Å². The van der Waals surface area contributed by atoms with Crippen molar-refractivity contribution in [2.75, 3.05) is 5.32 Å². The first-order valence-corrected chi connectivity index (χ1v) is 9.71. The van der Waals surface area contributed by atoms with Crippen molar-refractivity contribution >= 4 is 35.2 Å². The van der Waals surface area contributed by atoms with Gasteiger partial charge in [-0.15, -0.1) is 0 Å². The molecule has 0 fully saturated rings. The van der Waals surface area contributed by atoms with Gasteiger partial charge in [0.05, 0.1) is 10.7 Å². The molecule has 6 nitrogen and oxygen atoms in total. The SMILES string of the molecule is CCCn1c(C)cc(/C=C(\C#N)C(=O)O[C@H](C)C(=O)Nc2ccccc2Cl)c1C. The summed E-state index contributed by atoms with van der Waals surface area (Å²) in [5, 5.41) is 12.4. The lowest BCUT2D eigenvalue weighted by atomic mass is 10.1. The Morgan fingerprint density at radius 3 is 2.66 bits per heavy atom. The van der Waals surface area contributed by atoms with Crippen LogP contribution in [0.25, 0.3) is 6.08 Å². The van der Waals surface area contributed by atoms with E-state index in [1.54, 1.807) is 24.3 Å². The van der Waals surface area contributed by atoms with Crippen LogP contribution >= 0.6 is 11.6 Å². The summed E-state index contributed by atoms with van der Waals surface area (Å²) in [5.41, 5.74) is 3.04. The molecule has 2 aromatic rings. The summed E-state index contributed by atoms with van der Waals surface area (Å²) >= 11 is 6.02. The molecule has 7 heteroatoms. The Hall–Kier alpha value is -3.04. The first-order chi connectivity index (χ1) is 13.8. The number of carbonyl (C=O) groups excluding carboxylic acids is 2. The Morgan fingerprint density at radius 1 is 1.34 bits per heavy atom. The smallest absolute Gasteiger partial charge is 0.349 e. The normalized spacial score (nSPS) is 12.2. The number of hydrogen-bond donors (Lipinski definition) is 1. The number of nitriles is 1. The van der Waals surface area contributed by atoms with Crippen LogP contribution in [0.5, 0.6) is 0 Å². The standard InChI is InChI=1S/C22H24ClN3O3/c1-5-10-26-14(2)11-17(15(26)3)12-18(13-24)22(28)29-16(4)21(27)25-20-9-7-6-8-19(20)23/h6-9,11-12,16H,5,10H2,1-4H3,(H,25,27)/b18-12+/t16-/m1/s1. The highest BCUT2D eigenvalue weighted by atomic mass is 35.5. The highest BCUT2D eigenvalue weighted by Gasteiger charge is 2.22. The van der Waals surface area contributed by atoms with Crippen LogP contribution in [0, 0.1) is 25.2 Å². The fourth-order valence-electron chi connectivity index (χ4n) is 2.91. The largest absolute Gasteiger partial charge is 0.448 e. The lowest BCUT2D eigenvalue weighted by Crippen LogP contribution is -2.30. The molecule has 152 valence electrons. The molecule has 0 saturated carbocycles. The van der Waals surface area contributed by atoms with Crippen molar-refractivity contribution in [1.29, 1.82) is 5.26 Å². The minimum atomic E-state index is -1.09. The van der Waals surface area contributed by atoms with Gasteiger partial charge in [-0.3, -0.25) is 4.79 Å². The zero-order valence-electron chi connectivity index (χ0n) is 17.0. The average molecular weight is 414 g/mol. The van der Waals surface area contributed by atoms with Crippen molar-refractivity contribution < 1.29 is 14.3 Å². The Bertz CT molecular complexity index is 986. The topological polar surface area (TPSA) is 84.1 Å². The molecule has 1 N–H and O–H groups in total. The number of aryl methyl sites for hydroxylation is 1. The molecular formula is C22H24ClN3O3. The van der Waals surface area contributed by atoms with E-state index in [1.165, 1.54) is 13.0 Å². The molecule has 0 unspecified atom stereocenters. The van der Waals surface area contributed by atoms with Gasteiger partial charge in [0.25, 0.3) is 5.91 Å². The van der Waals surface area contributed by atoms with Gasteiger partial charge in [-0.2, -0.15) is 5.26 Å². The molecule has 1 amide bonds. The van der Waals surface area contributed by atoms with E-state index >= 15 is 0 Å². The van der Waals surface area contributed by atoms with Crippen LogP contribution in [0.1, 0.15) is 37.2 Å².